The molecule has 0 spiro atoms. The summed E-state index contributed by atoms with van der Waals surface area (Å²) in [6, 6.07) is 2.48. The Morgan fingerprint density at radius 1 is 1.16 bits per heavy atom. The number of aryl methyl sites for hydroxylation is 1. The van der Waals surface area contributed by atoms with Gasteiger partial charge in [0.05, 0.1) is 13.2 Å². The predicted molar refractivity (Wildman–Crippen MR) is 108 cm³/mol. The highest BCUT2D eigenvalue weighted by atomic mass is 16.7. The van der Waals surface area contributed by atoms with E-state index in [9.17, 15) is 35.4 Å². The molecule has 0 bridgehead atoms. The lowest BCUT2D eigenvalue weighted by atomic mass is 9.99. The molecule has 1 aliphatic heterocycles. The Balaban J connectivity index is 1.72. The van der Waals surface area contributed by atoms with E-state index in [0.29, 0.717) is 5.76 Å². The van der Waals surface area contributed by atoms with Crippen LogP contribution in [0.5, 0.6) is 11.5 Å². The Bertz CT molecular complexity index is 1010. The van der Waals surface area contributed by atoms with Crippen molar-refractivity contribution in [2.24, 2.45) is 5.92 Å². The lowest BCUT2D eigenvalue weighted by molar-refractivity contribution is -0.302. The molecule has 0 amide bonds. The van der Waals surface area contributed by atoms with Crippen molar-refractivity contribution in [1.82, 2.24) is 0 Å². The number of aliphatic hydroxyl groups is 4. The first kappa shape index (κ1) is 23.2. The minimum Gasteiger partial charge on any atom is -0.506 e. The summed E-state index contributed by atoms with van der Waals surface area (Å²) in [5.41, 5.74) is -0.389. The molecule has 1 saturated heterocycles. The van der Waals surface area contributed by atoms with E-state index >= 15 is 0 Å². The molecule has 0 radical (unpaired) electrons. The quantitative estimate of drug-likeness (QED) is 0.337. The van der Waals surface area contributed by atoms with Crippen molar-refractivity contribution in [2.75, 3.05) is 13.2 Å². The number of phenols is 2. The van der Waals surface area contributed by atoms with Gasteiger partial charge in [-0.25, -0.2) is 0 Å². The highest BCUT2D eigenvalue weighted by molar-refractivity contribution is 5.91. The number of hydrogen-bond donors (Lipinski definition) is 6. The average molecular weight is 438 g/mol. The molecule has 10 nitrogen and oxygen atoms in total. The molecule has 2 aromatic rings. The zero-order chi connectivity index (χ0) is 22.9. The Morgan fingerprint density at radius 2 is 1.87 bits per heavy atom. The van der Waals surface area contributed by atoms with E-state index in [2.05, 4.69) is 0 Å². The zero-order valence-corrected chi connectivity index (χ0v) is 17.0. The van der Waals surface area contributed by atoms with Crippen molar-refractivity contribution in [3.8, 4) is 11.5 Å². The maximum atomic E-state index is 12.2. The van der Waals surface area contributed by atoms with Gasteiger partial charge in [-0.15, -0.1) is 0 Å². The molecule has 1 aromatic heterocycles. The van der Waals surface area contributed by atoms with Crippen LogP contribution in [-0.2, 0) is 9.47 Å². The number of benzene rings is 1. The lowest BCUT2D eigenvalue weighted by Crippen LogP contribution is -2.59. The minimum absolute atomic E-state index is 0.0286. The fourth-order valence-electron chi connectivity index (χ4n) is 3.34. The Labute approximate surface area is 177 Å². The normalized spacial score (nSPS) is 27.7. The second kappa shape index (κ2) is 9.35. The SMILES string of the molecule is Cc1cc(=O)c2c(O)c(C=CC(C)COC3OC(CO)C(O)C(O)C3O)cc(O)c2o1. The Hall–Kier alpha value is -2.47. The van der Waals surface area contributed by atoms with E-state index in [0.717, 1.165) is 0 Å². The van der Waals surface area contributed by atoms with Gasteiger partial charge in [-0.1, -0.05) is 19.1 Å². The Kier molecular flexibility index (Phi) is 6.99. The van der Waals surface area contributed by atoms with Gasteiger partial charge in [0, 0.05) is 11.6 Å². The van der Waals surface area contributed by atoms with Crippen molar-refractivity contribution >= 4 is 17.0 Å². The molecule has 0 saturated carbocycles. The maximum absolute atomic E-state index is 12.2. The highest BCUT2D eigenvalue weighted by Crippen LogP contribution is 2.34. The van der Waals surface area contributed by atoms with Gasteiger partial charge < -0.3 is 44.5 Å². The molecular formula is C21H26O10. The van der Waals surface area contributed by atoms with Gasteiger partial charge in [0.1, 0.15) is 41.3 Å². The van der Waals surface area contributed by atoms with Crippen LogP contribution in [0.4, 0.5) is 0 Å². The summed E-state index contributed by atoms with van der Waals surface area (Å²) < 4.78 is 16.1. The Morgan fingerprint density at radius 3 is 2.55 bits per heavy atom. The number of aliphatic hydroxyl groups excluding tert-OH is 4. The third-order valence-electron chi connectivity index (χ3n) is 5.08. The molecule has 1 aliphatic rings. The van der Waals surface area contributed by atoms with Crippen LogP contribution in [0.1, 0.15) is 18.2 Å². The summed E-state index contributed by atoms with van der Waals surface area (Å²) in [7, 11) is 0. The van der Waals surface area contributed by atoms with E-state index < -0.39 is 42.7 Å². The number of ether oxygens (including phenoxy) is 2. The van der Waals surface area contributed by atoms with Crippen molar-refractivity contribution in [3.63, 3.8) is 0 Å². The van der Waals surface area contributed by atoms with E-state index in [4.69, 9.17) is 13.9 Å². The van der Waals surface area contributed by atoms with Gasteiger partial charge in [0.15, 0.2) is 23.1 Å². The van der Waals surface area contributed by atoms with E-state index in [1.54, 1.807) is 19.9 Å². The third kappa shape index (κ3) is 4.74. The molecular weight excluding hydrogens is 412 g/mol. The number of rotatable bonds is 6. The van der Waals surface area contributed by atoms with Crippen molar-refractivity contribution in [1.29, 1.82) is 0 Å². The first-order valence-corrected chi connectivity index (χ1v) is 9.73. The summed E-state index contributed by atoms with van der Waals surface area (Å²) in [6.45, 7) is 2.79. The van der Waals surface area contributed by atoms with Gasteiger partial charge >= 0.3 is 0 Å². The molecule has 170 valence electrons. The minimum atomic E-state index is -1.53. The topological polar surface area (TPSA) is 170 Å². The first-order valence-electron chi connectivity index (χ1n) is 9.73. The van der Waals surface area contributed by atoms with Gasteiger partial charge in [-0.2, -0.15) is 0 Å². The van der Waals surface area contributed by atoms with Crippen LogP contribution in [0.25, 0.3) is 17.0 Å². The van der Waals surface area contributed by atoms with E-state index in [1.165, 1.54) is 18.2 Å². The second-order valence-corrected chi connectivity index (χ2v) is 7.63. The lowest BCUT2D eigenvalue weighted by Gasteiger charge is -2.39. The van der Waals surface area contributed by atoms with Crippen molar-refractivity contribution in [2.45, 2.75) is 44.6 Å². The van der Waals surface area contributed by atoms with Crippen LogP contribution in [-0.4, -0.2) is 74.6 Å². The fraction of sp³-hybridized carbons (Fsp3) is 0.476. The molecule has 1 fully saturated rings. The van der Waals surface area contributed by atoms with Crippen molar-refractivity contribution in [3.05, 3.63) is 39.8 Å². The summed E-state index contributed by atoms with van der Waals surface area (Å²) in [6.07, 6.45) is -3.69. The molecule has 31 heavy (non-hydrogen) atoms. The molecule has 1 aromatic carbocycles. The standard InChI is InChI=1S/C21H26O10/c1-9(8-29-21-19(28)18(27)17(26)14(7-22)31-21)3-4-11-6-13(24)20-15(16(11)25)12(23)5-10(2)30-20/h3-6,9,14,17-19,21-22,24-28H,7-8H2,1-2H3. The number of aromatic hydroxyl groups is 2. The van der Waals surface area contributed by atoms with Gasteiger partial charge in [0.2, 0.25) is 0 Å². The van der Waals surface area contributed by atoms with Crippen LogP contribution in [0.2, 0.25) is 0 Å². The molecule has 0 aliphatic carbocycles. The number of phenolic OH excluding ortho intramolecular Hbond substituents is 2. The second-order valence-electron chi connectivity index (χ2n) is 7.63. The van der Waals surface area contributed by atoms with Gasteiger partial charge in [-0.3, -0.25) is 4.79 Å². The van der Waals surface area contributed by atoms with Gasteiger partial charge in [0.25, 0.3) is 0 Å². The van der Waals surface area contributed by atoms with Crippen LogP contribution in [0.3, 0.4) is 0 Å². The summed E-state index contributed by atoms with van der Waals surface area (Å²) in [5, 5.41) is 59.3. The van der Waals surface area contributed by atoms with Crippen molar-refractivity contribution < 1.29 is 44.5 Å². The fourth-order valence-corrected chi connectivity index (χ4v) is 3.34. The molecule has 2 heterocycles. The molecule has 10 heteroatoms. The molecule has 6 unspecified atom stereocenters. The highest BCUT2D eigenvalue weighted by Gasteiger charge is 2.44. The average Bonchev–Trinajstić information content (AvgIpc) is 2.72. The number of hydrogen-bond acceptors (Lipinski definition) is 10. The van der Waals surface area contributed by atoms with Gasteiger partial charge in [-0.05, 0) is 18.9 Å². The monoisotopic (exact) mass is 438 g/mol. The summed E-state index contributed by atoms with van der Waals surface area (Å²) in [4.78, 5) is 12.2. The molecule has 6 atom stereocenters. The van der Waals surface area contributed by atoms with E-state index in [-0.39, 0.29) is 40.6 Å². The summed E-state index contributed by atoms with van der Waals surface area (Å²) >= 11 is 0. The molecule has 3 rings (SSSR count). The van der Waals surface area contributed by atoms with Crippen LogP contribution in [0, 0.1) is 12.8 Å². The zero-order valence-electron chi connectivity index (χ0n) is 17.0. The maximum Gasteiger partial charge on any atom is 0.196 e. The number of fused-ring (bicyclic) bond motifs is 1. The smallest absolute Gasteiger partial charge is 0.196 e. The summed E-state index contributed by atoms with van der Waals surface area (Å²) in [5.74, 6) is -0.605. The van der Waals surface area contributed by atoms with E-state index in [1.807, 2.05) is 0 Å². The predicted octanol–water partition coefficient (Wildman–Crippen LogP) is -0.0216. The van der Waals surface area contributed by atoms with Crippen LogP contribution >= 0.6 is 0 Å². The largest absolute Gasteiger partial charge is 0.506 e. The van der Waals surface area contributed by atoms with Crippen LogP contribution < -0.4 is 5.43 Å². The molecule has 6 N–H and O–H groups in total. The third-order valence-corrected chi connectivity index (χ3v) is 5.08. The van der Waals surface area contributed by atoms with Crippen LogP contribution in [0.15, 0.2) is 27.4 Å². The first-order chi connectivity index (χ1) is 14.6.